The van der Waals surface area contributed by atoms with E-state index in [1.165, 1.54) is 6.92 Å². The molecule has 0 radical (unpaired) electrons. The van der Waals surface area contributed by atoms with E-state index in [4.69, 9.17) is 14.2 Å². The van der Waals surface area contributed by atoms with E-state index in [0.29, 0.717) is 61.7 Å². The number of benzene rings is 2. The van der Waals surface area contributed by atoms with Crippen molar-refractivity contribution in [2.75, 3.05) is 26.4 Å². The van der Waals surface area contributed by atoms with E-state index in [1.54, 1.807) is 32.0 Å². The smallest absolute Gasteiger partial charge is 0.430 e. The van der Waals surface area contributed by atoms with Crippen LogP contribution in [-0.2, 0) is 22.4 Å². The Kier molecular flexibility index (Phi) is 9.34. The van der Waals surface area contributed by atoms with Gasteiger partial charge in [-0.05, 0) is 73.6 Å². The Morgan fingerprint density at radius 1 is 0.977 bits per heavy atom. The Bertz CT molecular complexity index is 1380. The molecule has 2 aromatic rings. The summed E-state index contributed by atoms with van der Waals surface area (Å²) in [7, 11) is 0. The van der Waals surface area contributed by atoms with Crippen molar-refractivity contribution in [3.8, 4) is 17.2 Å². The molecule has 0 aliphatic carbocycles. The summed E-state index contributed by atoms with van der Waals surface area (Å²) in [6, 6.07) is 5.82. The first kappa shape index (κ1) is 33.2. The van der Waals surface area contributed by atoms with Crippen molar-refractivity contribution < 1.29 is 55.2 Å². The van der Waals surface area contributed by atoms with Crippen LogP contribution in [0.3, 0.4) is 0 Å². The first-order valence-corrected chi connectivity index (χ1v) is 14.3. The lowest BCUT2D eigenvalue weighted by atomic mass is 9.87. The molecule has 242 valence electrons. The predicted molar refractivity (Wildman–Crippen MR) is 146 cm³/mol. The molecule has 1 unspecified atom stereocenters. The van der Waals surface area contributed by atoms with Gasteiger partial charge in [0.1, 0.15) is 24.5 Å². The number of rotatable bonds is 11. The third-order valence-electron chi connectivity index (χ3n) is 7.87. The van der Waals surface area contributed by atoms with Gasteiger partial charge in [0.05, 0.1) is 6.61 Å². The molecule has 2 aromatic carbocycles. The zero-order valence-corrected chi connectivity index (χ0v) is 24.5. The first-order chi connectivity index (χ1) is 20.6. The van der Waals surface area contributed by atoms with Gasteiger partial charge in [0.15, 0.2) is 11.5 Å². The monoisotopic (exact) mass is 632 g/mol. The van der Waals surface area contributed by atoms with Gasteiger partial charge >= 0.3 is 18.4 Å². The van der Waals surface area contributed by atoms with E-state index < -0.39 is 41.0 Å². The molecule has 0 aromatic heterocycles. The number of carbonyl (C=O) groups excluding carboxylic acids is 2. The van der Waals surface area contributed by atoms with Crippen molar-refractivity contribution in [3.05, 3.63) is 52.6 Å². The van der Waals surface area contributed by atoms with Gasteiger partial charge in [-0.15, -0.1) is 0 Å². The van der Waals surface area contributed by atoms with Gasteiger partial charge in [-0.3, -0.25) is 9.69 Å². The summed E-state index contributed by atoms with van der Waals surface area (Å²) < 4.78 is 97.8. The molecule has 2 aliphatic heterocycles. The third kappa shape index (κ3) is 5.87. The molecule has 1 atom stereocenters. The number of hydrogen-bond acceptors (Lipinski definition) is 6. The molecular weight excluding hydrogens is 598 g/mol. The minimum Gasteiger partial charge on any atom is -0.493 e. The number of ether oxygens (including phenoxy) is 3. The van der Waals surface area contributed by atoms with Crippen LogP contribution in [0.5, 0.6) is 17.2 Å². The summed E-state index contributed by atoms with van der Waals surface area (Å²) in [6.45, 7) is 5.62. The molecule has 44 heavy (non-hydrogen) atoms. The Hall–Kier alpha value is -3.68. The average Bonchev–Trinajstić information content (AvgIpc) is 3.21. The van der Waals surface area contributed by atoms with Crippen molar-refractivity contribution in [2.24, 2.45) is 0 Å². The van der Waals surface area contributed by atoms with Gasteiger partial charge in [-0.1, -0.05) is 26.3 Å². The number of unbranched alkanes of at least 4 members (excludes halogenated alkanes) is 1. The quantitative estimate of drug-likeness (QED) is 0.178. The molecule has 4 rings (SSSR count). The van der Waals surface area contributed by atoms with E-state index in [9.17, 15) is 41.0 Å². The average molecular weight is 633 g/mol. The van der Waals surface area contributed by atoms with Crippen molar-refractivity contribution >= 4 is 11.9 Å². The number of nitrogens with zero attached hydrogens (tertiary/aromatic N) is 1. The predicted octanol–water partition coefficient (Wildman–Crippen LogP) is 6.05. The number of hydrogen-bond donors (Lipinski definition) is 2. The number of imide groups is 1. The van der Waals surface area contributed by atoms with E-state index in [0.717, 1.165) is 4.90 Å². The van der Waals surface area contributed by atoms with Gasteiger partial charge in [-0.25, -0.2) is 4.79 Å². The normalized spacial score (nSPS) is 18.9. The van der Waals surface area contributed by atoms with Crippen LogP contribution in [-0.4, -0.2) is 60.7 Å². The summed E-state index contributed by atoms with van der Waals surface area (Å²) in [5.41, 5.74) is -7.01. The van der Waals surface area contributed by atoms with Crippen LogP contribution in [0.15, 0.2) is 30.3 Å². The number of carbonyl (C=O) groups is 2. The molecule has 0 saturated carbocycles. The number of urea groups is 1. The molecule has 1 saturated heterocycles. The maximum absolute atomic E-state index is 13.5. The number of nitrogens with one attached hydrogen (secondary N) is 1. The Morgan fingerprint density at radius 3 is 2.25 bits per heavy atom. The van der Waals surface area contributed by atoms with Crippen LogP contribution in [0.25, 0.3) is 0 Å². The number of amides is 3. The summed E-state index contributed by atoms with van der Waals surface area (Å²) in [4.78, 5) is 27.5. The Labute approximate surface area is 250 Å². The summed E-state index contributed by atoms with van der Waals surface area (Å²) >= 11 is 0. The molecule has 8 nitrogen and oxygen atoms in total. The molecular formula is C30H34F6N2O6. The number of fused-ring (bicyclic) bond motifs is 1. The highest BCUT2D eigenvalue weighted by atomic mass is 19.4. The van der Waals surface area contributed by atoms with Gasteiger partial charge in [-0.2, -0.15) is 26.3 Å². The lowest BCUT2D eigenvalue weighted by molar-refractivity contribution is -0.376. The fraction of sp³-hybridized carbons (Fsp3) is 0.533. The number of aliphatic hydroxyl groups is 1. The first-order valence-electron chi connectivity index (χ1n) is 14.3. The van der Waals surface area contributed by atoms with E-state index >= 15 is 0 Å². The van der Waals surface area contributed by atoms with Crippen molar-refractivity contribution in [1.29, 1.82) is 0 Å². The number of halogens is 6. The number of aryl methyl sites for hydroxylation is 2. The van der Waals surface area contributed by atoms with Gasteiger partial charge < -0.3 is 24.6 Å². The van der Waals surface area contributed by atoms with Crippen LogP contribution in [0, 0.1) is 6.92 Å². The summed E-state index contributed by atoms with van der Waals surface area (Å²) in [6.07, 6.45) is -10.6. The maximum Gasteiger partial charge on any atom is 0.430 e. The fourth-order valence-corrected chi connectivity index (χ4v) is 5.53. The second-order valence-corrected chi connectivity index (χ2v) is 10.8. The molecule has 2 heterocycles. The molecule has 14 heteroatoms. The summed E-state index contributed by atoms with van der Waals surface area (Å²) in [5.74, 6) is 0.719. The maximum atomic E-state index is 13.5. The molecule has 0 spiro atoms. The standard InChI is InChI=1S/C30H34F6N2O6/c1-4-8-19-16-21(28(41,29(31,32)33)30(34,35)36)15-18(3)24(19)44-12-7-6-11-38-25(39)27(5-2,37-26(38)40)20-9-10-22-23(17-20)43-14-13-42-22/h9-10,15-17,41H,4-8,11-14H2,1-3H3,(H,37,40). The lowest BCUT2D eigenvalue weighted by Gasteiger charge is -2.33. The molecule has 2 aliphatic rings. The zero-order valence-electron chi connectivity index (χ0n) is 24.5. The van der Waals surface area contributed by atoms with E-state index in [-0.39, 0.29) is 42.9 Å². The molecule has 0 bridgehead atoms. The van der Waals surface area contributed by atoms with Crippen molar-refractivity contribution in [2.45, 2.75) is 76.4 Å². The van der Waals surface area contributed by atoms with Crippen LogP contribution in [0.1, 0.15) is 61.8 Å². The van der Waals surface area contributed by atoms with Gasteiger partial charge in [0.2, 0.25) is 0 Å². The highest BCUT2D eigenvalue weighted by Crippen LogP contribution is 2.51. The minimum atomic E-state index is -6.00. The fourth-order valence-electron chi connectivity index (χ4n) is 5.53. The lowest BCUT2D eigenvalue weighted by Crippen LogP contribution is -2.54. The zero-order chi connectivity index (χ0) is 32.5. The Balaban J connectivity index is 1.43. The highest BCUT2D eigenvalue weighted by Gasteiger charge is 2.71. The molecule has 3 amide bonds. The largest absolute Gasteiger partial charge is 0.493 e. The van der Waals surface area contributed by atoms with E-state index in [2.05, 4.69) is 5.32 Å². The van der Waals surface area contributed by atoms with Gasteiger partial charge in [0, 0.05) is 12.1 Å². The third-order valence-corrected chi connectivity index (χ3v) is 7.87. The van der Waals surface area contributed by atoms with Crippen LogP contribution in [0.2, 0.25) is 0 Å². The molecule has 2 N–H and O–H groups in total. The second kappa shape index (κ2) is 12.4. The SMILES string of the molecule is CCCc1cc(C(O)(C(F)(F)F)C(F)(F)F)cc(C)c1OCCCCN1C(=O)NC(CC)(c2ccc3c(c2)OCCO3)C1=O. The molecule has 1 fully saturated rings. The van der Waals surface area contributed by atoms with Crippen LogP contribution < -0.4 is 19.5 Å². The minimum absolute atomic E-state index is 0.000804. The Morgan fingerprint density at radius 2 is 1.64 bits per heavy atom. The highest BCUT2D eigenvalue weighted by molar-refractivity contribution is 6.07. The van der Waals surface area contributed by atoms with Crippen molar-refractivity contribution in [3.63, 3.8) is 0 Å². The van der Waals surface area contributed by atoms with Crippen LogP contribution in [0.4, 0.5) is 31.1 Å². The second-order valence-electron chi connectivity index (χ2n) is 10.8. The summed E-state index contributed by atoms with van der Waals surface area (Å²) in [5, 5.41) is 12.7. The van der Waals surface area contributed by atoms with Crippen molar-refractivity contribution in [1.82, 2.24) is 10.2 Å². The number of alkyl halides is 6. The van der Waals surface area contributed by atoms with Crippen LogP contribution >= 0.6 is 0 Å². The topological polar surface area (TPSA) is 97.3 Å². The van der Waals surface area contributed by atoms with E-state index in [1.807, 2.05) is 0 Å². The van der Waals surface area contributed by atoms with Gasteiger partial charge in [0.25, 0.3) is 11.5 Å².